The molecule has 0 bridgehead atoms. The third-order valence-electron chi connectivity index (χ3n) is 4.77. The summed E-state index contributed by atoms with van der Waals surface area (Å²) in [6.45, 7) is 4.64. The van der Waals surface area contributed by atoms with Gasteiger partial charge >= 0.3 is 12.0 Å². The van der Waals surface area contributed by atoms with Crippen LogP contribution in [0.3, 0.4) is 0 Å². The molecule has 3 rings (SSSR count). The minimum Gasteiger partial charge on any atom is -0.463 e. The Morgan fingerprint density at radius 1 is 1.29 bits per heavy atom. The number of nitrogens with zero attached hydrogens (tertiary/aromatic N) is 2. The summed E-state index contributed by atoms with van der Waals surface area (Å²) >= 11 is 1.29. The van der Waals surface area contributed by atoms with E-state index >= 15 is 0 Å². The minimum absolute atomic E-state index is 0.133. The van der Waals surface area contributed by atoms with Crippen molar-refractivity contribution < 1.29 is 19.1 Å². The zero-order valence-corrected chi connectivity index (χ0v) is 18.6. The zero-order chi connectivity index (χ0) is 22.4. The monoisotopic (exact) mass is 446 g/mol. The number of para-hydroxylation sites is 1. The topological polar surface area (TPSA) is 112 Å². The molecule has 0 radical (unpaired) electrons. The number of benzene rings is 1. The highest BCUT2D eigenvalue weighted by Gasteiger charge is 2.30. The Kier molecular flexibility index (Phi) is 7.69. The molecule has 0 spiro atoms. The van der Waals surface area contributed by atoms with E-state index in [0.29, 0.717) is 46.9 Å². The van der Waals surface area contributed by atoms with E-state index in [2.05, 4.69) is 15.6 Å². The molecular formula is C21H26N4O5S. The van der Waals surface area contributed by atoms with Crippen LogP contribution in [0, 0.1) is 0 Å². The largest absolute Gasteiger partial charge is 0.463 e. The summed E-state index contributed by atoms with van der Waals surface area (Å²) in [7, 11) is 1.61. The van der Waals surface area contributed by atoms with E-state index in [0.717, 1.165) is 0 Å². The average molecular weight is 447 g/mol. The number of amides is 2. The van der Waals surface area contributed by atoms with E-state index in [9.17, 15) is 14.4 Å². The smallest absolute Gasteiger partial charge is 0.337 e. The molecule has 0 unspecified atom stereocenters. The molecule has 2 amide bonds. The van der Waals surface area contributed by atoms with E-state index in [1.54, 1.807) is 43.7 Å². The number of hydrogen-bond donors (Lipinski definition) is 2. The second-order valence-corrected chi connectivity index (χ2v) is 7.88. The molecule has 9 nitrogen and oxygen atoms in total. The summed E-state index contributed by atoms with van der Waals surface area (Å²) in [6, 6.07) is 6.30. The maximum Gasteiger partial charge on any atom is 0.337 e. The molecule has 1 atom stereocenters. The zero-order valence-electron chi connectivity index (χ0n) is 17.8. The fraction of sp³-hybridized carbons (Fsp3) is 0.429. The first kappa shape index (κ1) is 22.8. The number of urea groups is 1. The number of rotatable bonds is 9. The molecule has 0 fully saturated rings. The highest BCUT2D eigenvalue weighted by molar-refractivity contribution is 7.99. The van der Waals surface area contributed by atoms with Gasteiger partial charge in [-0.25, -0.2) is 14.6 Å². The van der Waals surface area contributed by atoms with Gasteiger partial charge in [-0.15, -0.1) is 0 Å². The Morgan fingerprint density at radius 2 is 2.06 bits per heavy atom. The van der Waals surface area contributed by atoms with E-state index in [4.69, 9.17) is 9.47 Å². The summed E-state index contributed by atoms with van der Waals surface area (Å²) in [5, 5.41) is 6.43. The van der Waals surface area contributed by atoms with Gasteiger partial charge in [0, 0.05) is 31.7 Å². The number of ether oxygens (including phenoxy) is 2. The molecule has 0 saturated carbocycles. The van der Waals surface area contributed by atoms with Gasteiger partial charge in [-0.1, -0.05) is 23.9 Å². The van der Waals surface area contributed by atoms with Crippen molar-refractivity contribution in [2.75, 3.05) is 26.1 Å². The first-order valence-corrected chi connectivity index (χ1v) is 11.0. The molecule has 1 aliphatic rings. The summed E-state index contributed by atoms with van der Waals surface area (Å²) in [5.74, 6) is -0.233. The molecule has 31 heavy (non-hydrogen) atoms. The van der Waals surface area contributed by atoms with Gasteiger partial charge in [0.2, 0.25) is 0 Å². The van der Waals surface area contributed by atoms with Crippen LogP contribution in [-0.4, -0.2) is 53.7 Å². The molecular weight excluding hydrogens is 420 g/mol. The van der Waals surface area contributed by atoms with E-state index in [1.807, 2.05) is 6.07 Å². The average Bonchev–Trinajstić information content (AvgIpc) is 2.74. The van der Waals surface area contributed by atoms with E-state index in [-0.39, 0.29) is 24.0 Å². The molecule has 0 saturated heterocycles. The minimum atomic E-state index is -0.489. The number of thioether (sulfide) groups is 1. The number of carbonyl (C=O) groups is 2. The summed E-state index contributed by atoms with van der Waals surface area (Å²) in [4.78, 5) is 42.2. The summed E-state index contributed by atoms with van der Waals surface area (Å²) in [5.41, 5.74) is 1.28. The molecule has 166 valence electrons. The van der Waals surface area contributed by atoms with E-state index < -0.39 is 12.0 Å². The Morgan fingerprint density at radius 3 is 2.81 bits per heavy atom. The molecule has 2 N–H and O–H groups in total. The van der Waals surface area contributed by atoms with Crippen LogP contribution in [0.5, 0.6) is 0 Å². The van der Waals surface area contributed by atoms with Crippen LogP contribution in [0.25, 0.3) is 10.9 Å². The van der Waals surface area contributed by atoms with Crippen molar-refractivity contribution in [2.45, 2.75) is 38.0 Å². The molecule has 1 aromatic carbocycles. The maximum atomic E-state index is 13.1. The number of carbonyl (C=O) groups excluding carboxylic acids is 2. The van der Waals surface area contributed by atoms with Crippen LogP contribution in [0.15, 0.2) is 45.5 Å². The van der Waals surface area contributed by atoms with Crippen molar-refractivity contribution >= 4 is 34.7 Å². The lowest BCUT2D eigenvalue weighted by Crippen LogP contribution is -2.49. The number of methoxy groups -OCH3 is 1. The van der Waals surface area contributed by atoms with Crippen LogP contribution in [0.1, 0.15) is 20.3 Å². The highest BCUT2D eigenvalue weighted by atomic mass is 32.2. The third kappa shape index (κ3) is 5.26. The number of esters is 1. The standard InChI is InChI=1S/C21H26N4O5S/c1-4-30-19(27)17-13(2)22-20(28)23-16(17)12-31-21-24-15-9-6-5-8-14(15)18(26)25(21)10-7-11-29-3/h5-6,8-9,13H,4,7,10-12H2,1-3H3,(H2,22,23,28)/t13-/m0/s1. The Labute approximate surface area is 184 Å². The lowest BCUT2D eigenvalue weighted by molar-refractivity contribution is -0.138. The summed E-state index contributed by atoms with van der Waals surface area (Å²) < 4.78 is 11.9. The van der Waals surface area contributed by atoms with Crippen LogP contribution in [0.2, 0.25) is 0 Å². The first-order valence-electron chi connectivity index (χ1n) is 10.0. The lowest BCUT2D eigenvalue weighted by atomic mass is 10.1. The maximum absolute atomic E-state index is 13.1. The van der Waals surface area contributed by atoms with Crippen LogP contribution in [-0.2, 0) is 20.8 Å². The number of fused-ring (bicyclic) bond motifs is 1. The van der Waals surface area contributed by atoms with E-state index in [1.165, 1.54) is 11.8 Å². The van der Waals surface area contributed by atoms with Crippen molar-refractivity contribution in [3.8, 4) is 0 Å². The third-order valence-corrected chi connectivity index (χ3v) is 5.77. The Bertz CT molecular complexity index is 1070. The van der Waals surface area contributed by atoms with Gasteiger partial charge in [0.05, 0.1) is 29.1 Å². The predicted molar refractivity (Wildman–Crippen MR) is 118 cm³/mol. The Balaban J connectivity index is 1.96. The van der Waals surface area contributed by atoms with Gasteiger partial charge in [-0.2, -0.15) is 0 Å². The quantitative estimate of drug-likeness (QED) is 0.262. The molecule has 2 heterocycles. The van der Waals surface area contributed by atoms with Crippen molar-refractivity contribution in [1.29, 1.82) is 0 Å². The number of hydrogen-bond acceptors (Lipinski definition) is 7. The second-order valence-electron chi connectivity index (χ2n) is 6.94. The highest BCUT2D eigenvalue weighted by Crippen LogP contribution is 2.24. The van der Waals surface area contributed by atoms with Gasteiger partial charge in [0.15, 0.2) is 5.16 Å². The second kappa shape index (κ2) is 10.5. The van der Waals surface area contributed by atoms with Crippen molar-refractivity contribution in [3.63, 3.8) is 0 Å². The Hall–Kier alpha value is -2.85. The van der Waals surface area contributed by atoms with Gasteiger partial charge in [0.1, 0.15) is 0 Å². The van der Waals surface area contributed by atoms with Crippen LogP contribution in [0.4, 0.5) is 4.79 Å². The van der Waals surface area contributed by atoms with Crippen molar-refractivity contribution in [3.05, 3.63) is 45.9 Å². The lowest BCUT2D eigenvalue weighted by Gasteiger charge is -2.26. The van der Waals surface area contributed by atoms with Gasteiger partial charge in [-0.05, 0) is 32.4 Å². The van der Waals surface area contributed by atoms with Crippen molar-refractivity contribution in [1.82, 2.24) is 20.2 Å². The predicted octanol–water partition coefficient (Wildman–Crippen LogP) is 2.04. The normalized spacial score (nSPS) is 16.2. The van der Waals surface area contributed by atoms with Crippen molar-refractivity contribution in [2.24, 2.45) is 0 Å². The SMILES string of the molecule is CCOC(=O)C1=C(CSc2nc3ccccc3c(=O)n2CCCOC)NC(=O)N[C@H]1C. The number of nitrogens with one attached hydrogen (secondary N) is 2. The van der Waals surface area contributed by atoms with Crippen LogP contribution < -0.4 is 16.2 Å². The first-order chi connectivity index (χ1) is 15.0. The van der Waals surface area contributed by atoms with Gasteiger partial charge in [0.25, 0.3) is 5.56 Å². The molecule has 1 aromatic heterocycles. The molecule has 1 aliphatic heterocycles. The van der Waals surface area contributed by atoms with Gasteiger partial charge in [-0.3, -0.25) is 9.36 Å². The fourth-order valence-corrected chi connectivity index (χ4v) is 4.35. The summed E-state index contributed by atoms with van der Waals surface area (Å²) in [6.07, 6.45) is 0.651. The fourth-order valence-electron chi connectivity index (χ4n) is 3.35. The van der Waals surface area contributed by atoms with Crippen LogP contribution >= 0.6 is 11.8 Å². The molecule has 0 aliphatic carbocycles. The molecule has 10 heteroatoms. The van der Waals surface area contributed by atoms with Gasteiger partial charge < -0.3 is 20.1 Å². The molecule has 2 aromatic rings. The number of aromatic nitrogens is 2.